The molecule has 0 radical (unpaired) electrons. The molecule has 0 aliphatic rings. The van der Waals surface area contributed by atoms with Gasteiger partial charge in [0.1, 0.15) is 11.5 Å². The molecule has 0 unspecified atom stereocenters. The molecular formula is C36H52N2O5. The van der Waals surface area contributed by atoms with Crippen LogP contribution < -0.4 is 19.1 Å². The van der Waals surface area contributed by atoms with Crippen LogP contribution >= 0.6 is 0 Å². The Labute approximate surface area is 258 Å². The number of fused-ring (bicyclic) bond motifs is 1. The van der Waals surface area contributed by atoms with Crippen LogP contribution in [-0.4, -0.2) is 36.9 Å². The number of ether oxygens (including phenoxy) is 3. The van der Waals surface area contributed by atoms with E-state index < -0.39 is 6.09 Å². The average molecular weight is 593 g/mol. The molecule has 236 valence electrons. The van der Waals surface area contributed by atoms with E-state index in [1.54, 1.807) is 50.7 Å². The number of benzene rings is 2. The van der Waals surface area contributed by atoms with Crippen molar-refractivity contribution >= 4 is 22.7 Å². The lowest BCUT2D eigenvalue weighted by atomic mass is 10.0. The van der Waals surface area contributed by atoms with E-state index in [0.29, 0.717) is 35.2 Å². The highest BCUT2D eigenvalue weighted by atomic mass is 16.5. The first-order valence-corrected chi connectivity index (χ1v) is 16.4. The van der Waals surface area contributed by atoms with E-state index in [1.165, 1.54) is 88.4 Å². The molecule has 0 fully saturated rings. The topological polar surface area (TPSA) is 81.1 Å². The van der Waals surface area contributed by atoms with Gasteiger partial charge in [-0.05, 0) is 42.8 Å². The molecule has 1 amide bonds. The highest BCUT2D eigenvalue weighted by molar-refractivity contribution is 5.88. The van der Waals surface area contributed by atoms with E-state index in [9.17, 15) is 9.90 Å². The maximum Gasteiger partial charge on any atom is 0.411 e. The van der Waals surface area contributed by atoms with Crippen molar-refractivity contribution in [1.82, 2.24) is 4.98 Å². The number of unbranched alkanes of at least 4 members (excludes halogenated alkanes) is 15. The summed E-state index contributed by atoms with van der Waals surface area (Å²) in [5.41, 5.74) is 1.37. The maximum absolute atomic E-state index is 12.0. The summed E-state index contributed by atoms with van der Waals surface area (Å²) in [5.74, 6) is 2.43. The van der Waals surface area contributed by atoms with E-state index in [-0.39, 0.29) is 0 Å². The zero-order valence-corrected chi connectivity index (χ0v) is 26.6. The fourth-order valence-corrected chi connectivity index (χ4v) is 5.51. The molecule has 3 rings (SSSR count). The zero-order valence-electron chi connectivity index (χ0n) is 26.6. The molecule has 0 bridgehead atoms. The number of amides is 1. The molecule has 43 heavy (non-hydrogen) atoms. The van der Waals surface area contributed by atoms with Gasteiger partial charge in [0, 0.05) is 29.9 Å². The molecule has 0 saturated carbocycles. The third-order valence-corrected chi connectivity index (χ3v) is 8.05. The average Bonchev–Trinajstić information content (AvgIpc) is 3.02. The molecule has 0 aliphatic heterocycles. The Balaban J connectivity index is 1.36. The lowest BCUT2D eigenvalue weighted by molar-refractivity contribution is 0.201. The monoisotopic (exact) mass is 592 g/mol. The van der Waals surface area contributed by atoms with Gasteiger partial charge >= 0.3 is 6.09 Å². The van der Waals surface area contributed by atoms with Gasteiger partial charge < -0.3 is 19.3 Å². The Morgan fingerprint density at radius 2 is 1.21 bits per heavy atom. The molecule has 7 nitrogen and oxygen atoms in total. The highest BCUT2D eigenvalue weighted by Gasteiger charge is 2.15. The van der Waals surface area contributed by atoms with Crippen LogP contribution in [0.25, 0.3) is 10.9 Å². The van der Waals surface area contributed by atoms with Crippen LogP contribution in [0.15, 0.2) is 48.7 Å². The van der Waals surface area contributed by atoms with Gasteiger partial charge in [-0.2, -0.15) is 0 Å². The second kappa shape index (κ2) is 19.7. The normalized spacial score (nSPS) is 11.0. The predicted molar refractivity (Wildman–Crippen MR) is 176 cm³/mol. The quantitative estimate of drug-likeness (QED) is 0.117. The van der Waals surface area contributed by atoms with Crippen LogP contribution in [0.2, 0.25) is 0 Å². The number of anilines is 1. The van der Waals surface area contributed by atoms with Crippen LogP contribution in [0.3, 0.4) is 0 Å². The SMILES string of the molecule is CCCCCCCCCCCCCCCCCCN(C(=O)O)c1ccc(Oc2ccnc3cc(OC)c(OC)cc23)cc1. The van der Waals surface area contributed by atoms with E-state index in [2.05, 4.69) is 11.9 Å². The van der Waals surface area contributed by atoms with E-state index in [0.717, 1.165) is 30.2 Å². The number of hydrogen-bond acceptors (Lipinski definition) is 5. The summed E-state index contributed by atoms with van der Waals surface area (Å²) in [6, 6.07) is 12.6. The van der Waals surface area contributed by atoms with Crippen molar-refractivity contribution in [2.24, 2.45) is 0 Å². The molecule has 7 heteroatoms. The number of methoxy groups -OCH3 is 2. The Hall–Kier alpha value is -3.48. The first-order chi connectivity index (χ1) is 21.1. The summed E-state index contributed by atoms with van der Waals surface area (Å²) in [5, 5.41) is 10.6. The first kappa shape index (κ1) is 34.0. The first-order valence-electron chi connectivity index (χ1n) is 16.4. The maximum atomic E-state index is 12.0. The summed E-state index contributed by atoms with van der Waals surface area (Å²) in [6.07, 6.45) is 21.5. The molecule has 0 aliphatic carbocycles. The molecule has 0 spiro atoms. The number of pyridine rings is 1. The lowest BCUT2D eigenvalue weighted by Gasteiger charge is -2.20. The standard InChI is InChI=1S/C36H52N2O5/c1-4-5-6-7-8-9-10-11-12-13-14-15-16-17-18-19-26-38(36(39)40)29-20-22-30(23-21-29)43-33-24-25-37-32-28-35(42-3)34(41-2)27-31(32)33/h20-25,27-28H,4-19,26H2,1-3H3,(H,39,40). The van der Waals surface area contributed by atoms with Gasteiger partial charge in [0.05, 0.1) is 19.7 Å². The zero-order chi connectivity index (χ0) is 30.7. The van der Waals surface area contributed by atoms with Crippen molar-refractivity contribution in [1.29, 1.82) is 0 Å². The molecule has 0 saturated heterocycles. The number of hydrogen-bond donors (Lipinski definition) is 1. The Morgan fingerprint density at radius 3 is 1.72 bits per heavy atom. The number of aromatic nitrogens is 1. The van der Waals surface area contributed by atoms with Gasteiger partial charge in [0.25, 0.3) is 0 Å². The number of carboxylic acid groups (broad SMARTS) is 1. The van der Waals surface area contributed by atoms with Crippen molar-refractivity contribution in [3.8, 4) is 23.0 Å². The third kappa shape index (κ3) is 11.6. The van der Waals surface area contributed by atoms with Gasteiger partial charge in [0.15, 0.2) is 11.5 Å². The Bertz CT molecular complexity index is 1210. The Morgan fingerprint density at radius 1 is 0.698 bits per heavy atom. The molecular weight excluding hydrogens is 540 g/mol. The van der Waals surface area contributed by atoms with Crippen molar-refractivity contribution < 1.29 is 24.1 Å². The number of carbonyl (C=O) groups is 1. The van der Waals surface area contributed by atoms with Gasteiger partial charge in [-0.15, -0.1) is 0 Å². The highest BCUT2D eigenvalue weighted by Crippen LogP contribution is 2.37. The van der Waals surface area contributed by atoms with Gasteiger partial charge in [-0.25, -0.2) is 4.79 Å². The van der Waals surface area contributed by atoms with Crippen LogP contribution in [0.4, 0.5) is 10.5 Å². The van der Waals surface area contributed by atoms with Crippen LogP contribution in [-0.2, 0) is 0 Å². The molecule has 3 aromatic rings. The van der Waals surface area contributed by atoms with Gasteiger partial charge in [-0.3, -0.25) is 9.88 Å². The molecule has 1 aromatic heterocycles. The summed E-state index contributed by atoms with van der Waals surface area (Å²) in [4.78, 5) is 17.8. The lowest BCUT2D eigenvalue weighted by Crippen LogP contribution is -2.30. The molecule has 1 N–H and O–H groups in total. The molecule has 2 aromatic carbocycles. The summed E-state index contributed by atoms with van der Waals surface area (Å²) >= 11 is 0. The van der Waals surface area contributed by atoms with Crippen LogP contribution in [0, 0.1) is 0 Å². The van der Waals surface area contributed by atoms with E-state index in [1.807, 2.05) is 12.1 Å². The predicted octanol–water partition coefficient (Wildman–Crippen LogP) is 10.8. The second-order valence-corrected chi connectivity index (χ2v) is 11.4. The van der Waals surface area contributed by atoms with Crippen LogP contribution in [0.5, 0.6) is 23.0 Å². The third-order valence-electron chi connectivity index (χ3n) is 8.05. The van der Waals surface area contributed by atoms with E-state index in [4.69, 9.17) is 14.2 Å². The smallest absolute Gasteiger partial charge is 0.411 e. The van der Waals surface area contributed by atoms with Gasteiger partial charge in [0.2, 0.25) is 0 Å². The van der Waals surface area contributed by atoms with Crippen LogP contribution in [0.1, 0.15) is 110 Å². The number of nitrogens with zero attached hydrogens (tertiary/aromatic N) is 2. The van der Waals surface area contributed by atoms with E-state index >= 15 is 0 Å². The minimum atomic E-state index is -0.934. The minimum absolute atomic E-state index is 0.491. The van der Waals surface area contributed by atoms with Crippen molar-refractivity contribution in [3.63, 3.8) is 0 Å². The summed E-state index contributed by atoms with van der Waals surface area (Å²) in [6.45, 7) is 2.76. The fraction of sp³-hybridized carbons (Fsp3) is 0.556. The van der Waals surface area contributed by atoms with Crippen molar-refractivity contribution in [2.45, 2.75) is 110 Å². The second-order valence-electron chi connectivity index (χ2n) is 11.4. The summed E-state index contributed by atoms with van der Waals surface area (Å²) < 4.78 is 17.0. The minimum Gasteiger partial charge on any atom is -0.493 e. The Kier molecular flexibility index (Phi) is 15.6. The van der Waals surface area contributed by atoms with Crippen molar-refractivity contribution in [3.05, 3.63) is 48.7 Å². The van der Waals surface area contributed by atoms with Crippen molar-refractivity contribution in [2.75, 3.05) is 25.7 Å². The van der Waals surface area contributed by atoms with Gasteiger partial charge in [-0.1, -0.05) is 103 Å². The fourth-order valence-electron chi connectivity index (χ4n) is 5.51. The number of rotatable bonds is 22. The summed E-state index contributed by atoms with van der Waals surface area (Å²) in [7, 11) is 3.18. The molecule has 1 heterocycles. The molecule has 0 atom stereocenters. The largest absolute Gasteiger partial charge is 0.493 e.